The van der Waals surface area contributed by atoms with E-state index in [1.807, 2.05) is 0 Å². The zero-order valence-electron chi connectivity index (χ0n) is 15.3. The molecule has 2 aromatic carbocycles. The Kier molecular flexibility index (Phi) is 7.75. The Bertz CT molecular complexity index is 870. The maximum Gasteiger partial charge on any atom is 0.354 e. The van der Waals surface area contributed by atoms with Gasteiger partial charge in [-0.25, -0.2) is 4.79 Å². The first-order valence-corrected chi connectivity index (χ1v) is 8.49. The van der Waals surface area contributed by atoms with Crippen LogP contribution >= 0.6 is 0 Å². The van der Waals surface area contributed by atoms with Crippen molar-refractivity contribution in [2.24, 2.45) is 0 Å². The van der Waals surface area contributed by atoms with Crippen LogP contribution in [-0.2, 0) is 9.53 Å². The molecule has 0 aromatic heterocycles. The molecule has 0 aliphatic heterocycles. The van der Waals surface area contributed by atoms with E-state index < -0.39 is 11.9 Å². The third kappa shape index (κ3) is 6.26. The summed E-state index contributed by atoms with van der Waals surface area (Å²) in [5, 5.41) is 11.4. The van der Waals surface area contributed by atoms with Gasteiger partial charge in [0, 0.05) is 5.56 Å². The van der Waals surface area contributed by atoms with Crippen molar-refractivity contribution in [3.8, 4) is 5.75 Å². The number of rotatable bonds is 9. The molecule has 6 heteroatoms. The number of aliphatic hydroxyl groups is 1. The van der Waals surface area contributed by atoms with Crippen LogP contribution in [0.25, 0.3) is 6.08 Å². The van der Waals surface area contributed by atoms with Crippen LogP contribution < -0.4 is 10.1 Å². The van der Waals surface area contributed by atoms with Gasteiger partial charge < -0.3 is 19.9 Å². The number of aliphatic hydroxyl groups excluding tert-OH is 1. The summed E-state index contributed by atoms with van der Waals surface area (Å²) in [7, 11) is 0. The SMILES string of the molecule is C=CC(=C)Oc1ccc(/C=C(\NC(=O)c2ccccc2)C(=O)OCCO)cc1. The van der Waals surface area contributed by atoms with Gasteiger partial charge in [0.1, 0.15) is 23.8 Å². The van der Waals surface area contributed by atoms with Gasteiger partial charge in [-0.15, -0.1) is 0 Å². The number of amides is 1. The molecule has 0 saturated heterocycles. The van der Waals surface area contributed by atoms with Gasteiger partial charge in [-0.05, 0) is 42.0 Å². The lowest BCUT2D eigenvalue weighted by atomic mass is 10.1. The summed E-state index contributed by atoms with van der Waals surface area (Å²) in [6.07, 6.45) is 2.97. The molecule has 144 valence electrons. The number of allylic oxidation sites excluding steroid dienone is 1. The number of esters is 1. The molecule has 28 heavy (non-hydrogen) atoms. The largest absolute Gasteiger partial charge is 0.459 e. The second kappa shape index (κ2) is 10.5. The molecule has 6 nitrogen and oxygen atoms in total. The lowest BCUT2D eigenvalue weighted by Crippen LogP contribution is -2.29. The van der Waals surface area contributed by atoms with Gasteiger partial charge >= 0.3 is 5.97 Å². The summed E-state index contributed by atoms with van der Waals surface area (Å²) in [6.45, 7) is 6.75. The van der Waals surface area contributed by atoms with E-state index >= 15 is 0 Å². The minimum atomic E-state index is -0.751. The molecule has 2 rings (SSSR count). The molecule has 0 unspecified atom stereocenters. The van der Waals surface area contributed by atoms with E-state index in [-0.39, 0.29) is 18.9 Å². The Labute approximate surface area is 163 Å². The van der Waals surface area contributed by atoms with Crippen LogP contribution in [0.4, 0.5) is 0 Å². The number of hydrogen-bond donors (Lipinski definition) is 2. The lowest BCUT2D eigenvalue weighted by molar-refractivity contribution is -0.140. The molecule has 0 saturated carbocycles. The number of nitrogens with one attached hydrogen (secondary N) is 1. The summed E-state index contributed by atoms with van der Waals surface area (Å²) in [5.74, 6) is -0.236. The van der Waals surface area contributed by atoms with Crippen LogP contribution in [0, 0.1) is 0 Å². The average molecular weight is 379 g/mol. The van der Waals surface area contributed by atoms with E-state index in [2.05, 4.69) is 18.5 Å². The molecule has 2 N–H and O–H groups in total. The van der Waals surface area contributed by atoms with Crippen molar-refractivity contribution in [1.82, 2.24) is 5.32 Å². The maximum atomic E-state index is 12.4. The Morgan fingerprint density at radius 2 is 1.75 bits per heavy atom. The van der Waals surface area contributed by atoms with E-state index in [1.54, 1.807) is 54.6 Å². The highest BCUT2D eigenvalue weighted by molar-refractivity contribution is 6.03. The molecule has 0 radical (unpaired) electrons. The normalized spacial score (nSPS) is 10.7. The van der Waals surface area contributed by atoms with Crippen LogP contribution in [0.2, 0.25) is 0 Å². The van der Waals surface area contributed by atoms with Gasteiger partial charge in [0.25, 0.3) is 5.91 Å². The quantitative estimate of drug-likeness (QED) is 0.303. The summed E-state index contributed by atoms with van der Waals surface area (Å²) in [6, 6.07) is 15.3. The van der Waals surface area contributed by atoms with Gasteiger partial charge in [0.2, 0.25) is 0 Å². The fourth-order valence-electron chi connectivity index (χ4n) is 2.14. The van der Waals surface area contributed by atoms with Crippen LogP contribution in [-0.4, -0.2) is 30.2 Å². The second-order valence-corrected chi connectivity index (χ2v) is 5.58. The predicted molar refractivity (Wildman–Crippen MR) is 106 cm³/mol. The number of ether oxygens (including phenoxy) is 2. The molecule has 2 aromatic rings. The molecule has 0 bridgehead atoms. The van der Waals surface area contributed by atoms with Gasteiger partial charge in [-0.2, -0.15) is 0 Å². The summed E-state index contributed by atoms with van der Waals surface area (Å²) < 4.78 is 10.4. The molecule has 0 fully saturated rings. The van der Waals surface area contributed by atoms with E-state index in [0.29, 0.717) is 22.6 Å². The van der Waals surface area contributed by atoms with E-state index in [4.69, 9.17) is 14.6 Å². The zero-order valence-corrected chi connectivity index (χ0v) is 15.3. The van der Waals surface area contributed by atoms with Crippen molar-refractivity contribution < 1.29 is 24.2 Å². The first-order chi connectivity index (χ1) is 13.5. The standard InChI is InChI=1S/C22H21NO5/c1-3-16(2)28-19-11-9-17(10-12-19)15-20(22(26)27-14-13-24)23-21(25)18-7-5-4-6-8-18/h3-12,15,24H,1-2,13-14H2,(H,23,25)/b20-15-. The third-order valence-electron chi connectivity index (χ3n) is 3.50. The van der Waals surface area contributed by atoms with Gasteiger partial charge in [-0.3, -0.25) is 4.79 Å². The predicted octanol–water partition coefficient (Wildman–Crippen LogP) is 3.07. The first-order valence-electron chi connectivity index (χ1n) is 8.49. The molecule has 0 atom stereocenters. The fraction of sp³-hybridized carbons (Fsp3) is 0.0909. The highest BCUT2D eigenvalue weighted by Gasteiger charge is 2.16. The number of carbonyl (C=O) groups excluding carboxylic acids is 2. The highest BCUT2D eigenvalue weighted by Crippen LogP contribution is 2.17. The topological polar surface area (TPSA) is 84.9 Å². The lowest BCUT2D eigenvalue weighted by Gasteiger charge is -2.10. The summed E-state index contributed by atoms with van der Waals surface area (Å²) in [5.41, 5.74) is 0.988. The highest BCUT2D eigenvalue weighted by atomic mass is 16.5. The summed E-state index contributed by atoms with van der Waals surface area (Å²) in [4.78, 5) is 24.6. The number of hydrogen-bond acceptors (Lipinski definition) is 5. The number of carbonyl (C=O) groups is 2. The minimum Gasteiger partial charge on any atom is -0.459 e. The summed E-state index contributed by atoms with van der Waals surface area (Å²) >= 11 is 0. The van der Waals surface area contributed by atoms with Crippen molar-refractivity contribution >= 4 is 18.0 Å². The van der Waals surface area contributed by atoms with E-state index in [9.17, 15) is 9.59 Å². The van der Waals surface area contributed by atoms with E-state index in [0.717, 1.165) is 0 Å². The smallest absolute Gasteiger partial charge is 0.354 e. The number of benzene rings is 2. The minimum absolute atomic E-state index is 0.0496. The van der Waals surface area contributed by atoms with E-state index in [1.165, 1.54) is 12.2 Å². The molecule has 0 spiro atoms. The van der Waals surface area contributed by atoms with Crippen LogP contribution in [0.3, 0.4) is 0 Å². The Morgan fingerprint density at radius 1 is 1.07 bits per heavy atom. The Balaban J connectivity index is 2.22. The molecular weight excluding hydrogens is 358 g/mol. The second-order valence-electron chi connectivity index (χ2n) is 5.58. The molecular formula is C22H21NO5. The van der Waals surface area contributed by atoms with Gasteiger partial charge in [0.05, 0.1) is 6.61 Å². The molecule has 0 aliphatic carbocycles. The average Bonchev–Trinajstić information content (AvgIpc) is 2.73. The van der Waals surface area contributed by atoms with Crippen LogP contribution in [0.5, 0.6) is 5.75 Å². The third-order valence-corrected chi connectivity index (χ3v) is 3.50. The van der Waals surface area contributed by atoms with Crippen molar-refractivity contribution in [3.63, 3.8) is 0 Å². The zero-order chi connectivity index (χ0) is 20.4. The van der Waals surface area contributed by atoms with Crippen molar-refractivity contribution in [1.29, 1.82) is 0 Å². The van der Waals surface area contributed by atoms with Crippen molar-refractivity contribution in [2.45, 2.75) is 0 Å². The molecule has 0 heterocycles. The van der Waals surface area contributed by atoms with Crippen molar-refractivity contribution in [3.05, 3.63) is 96.4 Å². The van der Waals surface area contributed by atoms with Gasteiger partial charge in [0.15, 0.2) is 0 Å². The van der Waals surface area contributed by atoms with Crippen LogP contribution in [0.15, 0.2) is 85.3 Å². The Morgan fingerprint density at radius 3 is 2.36 bits per heavy atom. The van der Waals surface area contributed by atoms with Crippen LogP contribution in [0.1, 0.15) is 15.9 Å². The van der Waals surface area contributed by atoms with Gasteiger partial charge in [-0.1, -0.05) is 43.5 Å². The Hall–Kier alpha value is -3.64. The fourth-order valence-corrected chi connectivity index (χ4v) is 2.14. The van der Waals surface area contributed by atoms with Crippen molar-refractivity contribution in [2.75, 3.05) is 13.2 Å². The monoisotopic (exact) mass is 379 g/mol. The maximum absolute atomic E-state index is 12.4. The molecule has 1 amide bonds. The first kappa shape index (κ1) is 20.7. The molecule has 0 aliphatic rings.